The molecule has 1 aliphatic rings. The first-order valence-corrected chi connectivity index (χ1v) is 6.32. The van der Waals surface area contributed by atoms with Crippen LogP contribution in [-0.4, -0.2) is 18.9 Å². The maximum Gasteiger partial charge on any atom is 0.266 e. The molecule has 0 N–H and O–H groups in total. The molecule has 1 heterocycles. The first-order valence-electron chi connectivity index (χ1n) is 5.95. The molecule has 5 heteroatoms. The van der Waals surface area contributed by atoms with E-state index in [1.807, 2.05) is 0 Å². The molecule has 0 saturated carbocycles. The van der Waals surface area contributed by atoms with Crippen LogP contribution in [0.4, 0.5) is 5.69 Å². The Morgan fingerprint density at radius 3 is 2.15 bits per heavy atom. The third kappa shape index (κ3) is 1.77. The van der Waals surface area contributed by atoms with Crippen molar-refractivity contribution in [2.45, 2.75) is 0 Å². The summed E-state index contributed by atoms with van der Waals surface area (Å²) in [6.07, 6.45) is 0. The quantitative estimate of drug-likeness (QED) is 0.797. The fourth-order valence-corrected chi connectivity index (χ4v) is 2.41. The van der Waals surface area contributed by atoms with E-state index in [1.54, 1.807) is 42.5 Å². The van der Waals surface area contributed by atoms with E-state index < -0.39 is 0 Å². The van der Waals surface area contributed by atoms with Gasteiger partial charge in [-0.1, -0.05) is 23.7 Å². The van der Waals surface area contributed by atoms with Gasteiger partial charge in [-0.2, -0.15) is 0 Å². The highest BCUT2D eigenvalue weighted by atomic mass is 35.5. The minimum absolute atomic E-state index is 0.353. The highest BCUT2D eigenvalue weighted by molar-refractivity contribution is 6.36. The lowest BCUT2D eigenvalue weighted by Crippen LogP contribution is -2.29. The molecule has 1 aliphatic heterocycles. The van der Waals surface area contributed by atoms with Crippen molar-refractivity contribution in [3.8, 4) is 5.75 Å². The van der Waals surface area contributed by atoms with Gasteiger partial charge in [0.05, 0.1) is 23.9 Å². The molecule has 0 aromatic heterocycles. The molecule has 0 unspecified atom stereocenters. The molecule has 2 aromatic carbocycles. The van der Waals surface area contributed by atoms with E-state index in [2.05, 4.69) is 0 Å². The van der Waals surface area contributed by atoms with E-state index in [-0.39, 0.29) is 11.8 Å². The average Bonchev–Trinajstić information content (AvgIpc) is 2.71. The summed E-state index contributed by atoms with van der Waals surface area (Å²) in [5, 5.41) is 0.428. The predicted molar refractivity (Wildman–Crippen MR) is 75.6 cm³/mol. The van der Waals surface area contributed by atoms with Crippen LogP contribution in [0.1, 0.15) is 20.7 Å². The number of benzene rings is 2. The van der Waals surface area contributed by atoms with E-state index in [1.165, 1.54) is 7.11 Å². The van der Waals surface area contributed by atoms with Gasteiger partial charge in [0, 0.05) is 5.02 Å². The maximum atomic E-state index is 12.4. The topological polar surface area (TPSA) is 46.6 Å². The normalized spacial score (nSPS) is 13.6. The Labute approximate surface area is 120 Å². The second-order valence-corrected chi connectivity index (χ2v) is 4.74. The van der Waals surface area contributed by atoms with E-state index >= 15 is 0 Å². The van der Waals surface area contributed by atoms with E-state index in [9.17, 15) is 9.59 Å². The van der Waals surface area contributed by atoms with Crippen LogP contribution in [0.2, 0.25) is 5.02 Å². The molecule has 0 fully saturated rings. The predicted octanol–water partition coefficient (Wildman–Crippen LogP) is 3.15. The summed E-state index contributed by atoms with van der Waals surface area (Å²) in [4.78, 5) is 25.9. The third-order valence-corrected chi connectivity index (χ3v) is 3.41. The number of rotatable bonds is 2. The maximum absolute atomic E-state index is 12.4. The van der Waals surface area contributed by atoms with Gasteiger partial charge >= 0.3 is 0 Å². The van der Waals surface area contributed by atoms with Crippen molar-refractivity contribution in [3.63, 3.8) is 0 Å². The fourth-order valence-electron chi connectivity index (χ4n) is 2.25. The SMILES string of the molecule is COc1ccc(Cl)cc1N1C(=O)c2ccccc2C1=O. The molecule has 2 aromatic rings. The van der Waals surface area contributed by atoms with Gasteiger partial charge in [0.1, 0.15) is 5.75 Å². The Morgan fingerprint density at radius 1 is 1.00 bits per heavy atom. The lowest BCUT2D eigenvalue weighted by molar-refractivity contribution is 0.0925. The van der Waals surface area contributed by atoms with Crippen molar-refractivity contribution in [1.82, 2.24) is 0 Å². The van der Waals surface area contributed by atoms with Gasteiger partial charge in [0.2, 0.25) is 0 Å². The number of methoxy groups -OCH3 is 1. The first-order chi connectivity index (χ1) is 9.63. The fraction of sp³-hybridized carbons (Fsp3) is 0.0667. The first kappa shape index (κ1) is 12.7. The highest BCUT2D eigenvalue weighted by Crippen LogP contribution is 2.36. The summed E-state index contributed by atoms with van der Waals surface area (Å²) in [5.41, 5.74) is 1.13. The number of carbonyl (C=O) groups excluding carboxylic acids is 2. The zero-order valence-electron chi connectivity index (χ0n) is 10.6. The second-order valence-electron chi connectivity index (χ2n) is 4.31. The molecule has 0 radical (unpaired) electrons. The van der Waals surface area contributed by atoms with Gasteiger partial charge in [0.15, 0.2) is 0 Å². The number of anilines is 1. The molecule has 100 valence electrons. The van der Waals surface area contributed by atoms with Gasteiger partial charge in [-0.25, -0.2) is 4.90 Å². The van der Waals surface area contributed by atoms with Gasteiger partial charge in [0.25, 0.3) is 11.8 Å². The summed E-state index contributed by atoms with van der Waals surface area (Å²) in [7, 11) is 1.48. The highest BCUT2D eigenvalue weighted by Gasteiger charge is 2.37. The van der Waals surface area contributed by atoms with Crippen LogP contribution in [0.3, 0.4) is 0 Å². The van der Waals surface area contributed by atoms with Gasteiger partial charge in [-0.05, 0) is 30.3 Å². The number of hydrogen-bond acceptors (Lipinski definition) is 3. The van der Waals surface area contributed by atoms with Crippen molar-refractivity contribution >= 4 is 29.1 Å². The summed E-state index contributed by atoms with van der Waals surface area (Å²) < 4.78 is 5.20. The van der Waals surface area contributed by atoms with E-state index in [4.69, 9.17) is 16.3 Å². The minimum atomic E-state index is -0.369. The summed E-state index contributed by atoms with van der Waals surface area (Å²) in [5.74, 6) is -0.318. The molecule has 0 saturated heterocycles. The summed E-state index contributed by atoms with van der Waals surface area (Å²) >= 11 is 5.95. The Morgan fingerprint density at radius 2 is 1.60 bits per heavy atom. The molecular formula is C15H10ClNO3. The van der Waals surface area contributed by atoms with Crippen LogP contribution in [0.25, 0.3) is 0 Å². The summed E-state index contributed by atoms with van der Waals surface area (Å²) in [6.45, 7) is 0. The average molecular weight is 288 g/mol. The van der Waals surface area contributed by atoms with Crippen LogP contribution in [0, 0.1) is 0 Å². The molecule has 0 atom stereocenters. The van der Waals surface area contributed by atoms with E-state index in [0.717, 1.165) is 4.90 Å². The lowest BCUT2D eigenvalue weighted by atomic mass is 10.1. The monoisotopic (exact) mass is 287 g/mol. The number of amides is 2. The van der Waals surface area contributed by atoms with Crippen molar-refractivity contribution in [3.05, 3.63) is 58.6 Å². The van der Waals surface area contributed by atoms with Crippen molar-refractivity contribution < 1.29 is 14.3 Å². The molecule has 0 bridgehead atoms. The Hall–Kier alpha value is -2.33. The molecule has 0 aliphatic carbocycles. The smallest absolute Gasteiger partial charge is 0.266 e. The minimum Gasteiger partial charge on any atom is -0.495 e. The number of ether oxygens (including phenoxy) is 1. The Balaban J connectivity index is 2.16. The zero-order valence-corrected chi connectivity index (χ0v) is 11.3. The number of imide groups is 1. The van der Waals surface area contributed by atoms with Crippen LogP contribution in [-0.2, 0) is 0 Å². The molecule has 3 rings (SSSR count). The number of fused-ring (bicyclic) bond motifs is 1. The molecule has 2 amide bonds. The van der Waals surface area contributed by atoms with Crippen LogP contribution in [0.5, 0.6) is 5.75 Å². The summed E-state index contributed by atoms with van der Waals surface area (Å²) in [6, 6.07) is 11.5. The van der Waals surface area contributed by atoms with Crippen LogP contribution >= 0.6 is 11.6 Å². The molecule has 4 nitrogen and oxygen atoms in total. The van der Waals surface area contributed by atoms with Crippen molar-refractivity contribution in [1.29, 1.82) is 0 Å². The molecule has 0 spiro atoms. The Kier molecular flexibility index (Phi) is 2.95. The number of hydrogen-bond donors (Lipinski definition) is 0. The zero-order chi connectivity index (χ0) is 14.3. The lowest BCUT2D eigenvalue weighted by Gasteiger charge is -2.17. The molecule has 20 heavy (non-hydrogen) atoms. The largest absolute Gasteiger partial charge is 0.495 e. The standard InChI is InChI=1S/C15H10ClNO3/c1-20-13-7-6-9(16)8-12(13)17-14(18)10-4-2-3-5-11(10)15(17)19/h2-8H,1H3. The van der Waals surface area contributed by atoms with Gasteiger partial charge in [-0.15, -0.1) is 0 Å². The number of carbonyl (C=O) groups is 2. The molecular weight excluding hydrogens is 278 g/mol. The van der Waals surface area contributed by atoms with Gasteiger partial charge in [-0.3, -0.25) is 9.59 Å². The van der Waals surface area contributed by atoms with Gasteiger partial charge < -0.3 is 4.74 Å². The second kappa shape index (κ2) is 4.65. The van der Waals surface area contributed by atoms with Crippen molar-refractivity contribution in [2.24, 2.45) is 0 Å². The van der Waals surface area contributed by atoms with E-state index in [0.29, 0.717) is 27.6 Å². The number of halogens is 1. The Bertz CT molecular complexity index is 692. The number of nitrogens with zero attached hydrogens (tertiary/aromatic N) is 1. The van der Waals surface area contributed by atoms with Crippen LogP contribution < -0.4 is 9.64 Å². The van der Waals surface area contributed by atoms with Crippen LogP contribution in [0.15, 0.2) is 42.5 Å². The van der Waals surface area contributed by atoms with Crippen molar-refractivity contribution in [2.75, 3.05) is 12.0 Å². The third-order valence-electron chi connectivity index (χ3n) is 3.18.